The number of rotatable bonds is 6. The molecular weight excluding hydrogens is 400 g/mol. The van der Waals surface area contributed by atoms with Gasteiger partial charge in [-0.25, -0.2) is 0 Å². The van der Waals surface area contributed by atoms with Crippen molar-refractivity contribution in [2.45, 2.75) is 19.1 Å². The van der Waals surface area contributed by atoms with E-state index in [9.17, 15) is 9.59 Å². The number of carbonyl (C=O) groups excluding carboxylic acids is 2. The first-order chi connectivity index (χ1) is 13.4. The lowest BCUT2D eigenvalue weighted by atomic mass is 10.2. The van der Waals surface area contributed by atoms with Gasteiger partial charge in [0.2, 0.25) is 11.8 Å². The number of hydrogen-bond acceptors (Lipinski definition) is 6. The number of aryl methyl sites for hydroxylation is 1. The Morgan fingerprint density at radius 1 is 1.29 bits per heavy atom. The van der Waals surface area contributed by atoms with Crippen molar-refractivity contribution in [2.24, 2.45) is 0 Å². The molecule has 0 aliphatic carbocycles. The Morgan fingerprint density at radius 3 is 2.64 bits per heavy atom. The Bertz CT molecular complexity index is 836. The van der Waals surface area contributed by atoms with Crippen molar-refractivity contribution in [3.63, 3.8) is 0 Å². The van der Waals surface area contributed by atoms with Gasteiger partial charge in [-0.05, 0) is 26.0 Å². The summed E-state index contributed by atoms with van der Waals surface area (Å²) in [4.78, 5) is 28.7. The molecule has 1 atom stereocenters. The minimum absolute atomic E-state index is 0.0424. The Hall–Kier alpha value is -2.19. The topological polar surface area (TPSA) is 78.7 Å². The van der Waals surface area contributed by atoms with Gasteiger partial charge in [0.15, 0.2) is 5.82 Å². The van der Waals surface area contributed by atoms with Crippen LogP contribution in [0.4, 0.5) is 11.5 Å². The first-order valence-corrected chi connectivity index (χ1v) is 10.5. The van der Waals surface area contributed by atoms with Gasteiger partial charge in [-0.1, -0.05) is 28.9 Å². The lowest BCUT2D eigenvalue weighted by Gasteiger charge is -2.36. The molecule has 2 aromatic rings. The molecule has 7 nitrogen and oxygen atoms in total. The van der Waals surface area contributed by atoms with E-state index in [0.29, 0.717) is 24.7 Å². The number of hydrogen-bond donors (Lipinski definition) is 1. The van der Waals surface area contributed by atoms with Gasteiger partial charge in [0.1, 0.15) is 5.76 Å². The zero-order chi connectivity index (χ0) is 20.1. The lowest BCUT2D eigenvalue weighted by Crippen LogP contribution is -2.49. The summed E-state index contributed by atoms with van der Waals surface area (Å²) < 4.78 is 4.93. The molecule has 150 valence electrons. The molecule has 1 fully saturated rings. The molecule has 1 aliphatic rings. The van der Waals surface area contributed by atoms with E-state index in [0.717, 1.165) is 23.8 Å². The fourth-order valence-electron chi connectivity index (χ4n) is 2.92. The molecule has 3 rings (SSSR count). The van der Waals surface area contributed by atoms with Crippen LogP contribution in [0.5, 0.6) is 0 Å². The second kappa shape index (κ2) is 9.34. The highest BCUT2D eigenvalue weighted by molar-refractivity contribution is 8.01. The van der Waals surface area contributed by atoms with Crippen molar-refractivity contribution in [1.29, 1.82) is 0 Å². The van der Waals surface area contributed by atoms with E-state index in [1.807, 2.05) is 29.2 Å². The number of piperazine rings is 1. The second-order valence-corrected chi connectivity index (χ2v) is 8.32. The molecule has 0 saturated carbocycles. The summed E-state index contributed by atoms with van der Waals surface area (Å²) in [6.07, 6.45) is 0. The summed E-state index contributed by atoms with van der Waals surface area (Å²) in [6, 6.07) is 9.38. The van der Waals surface area contributed by atoms with Gasteiger partial charge in [0.05, 0.1) is 21.7 Å². The van der Waals surface area contributed by atoms with Crippen LogP contribution in [0.1, 0.15) is 12.7 Å². The van der Waals surface area contributed by atoms with E-state index in [1.165, 1.54) is 11.8 Å². The Labute approximate surface area is 173 Å². The number of nitrogens with zero attached hydrogens (tertiary/aromatic N) is 3. The maximum atomic E-state index is 12.5. The number of nitrogens with one attached hydrogen (secondary N) is 1. The number of para-hydroxylation sites is 1. The van der Waals surface area contributed by atoms with Crippen molar-refractivity contribution in [3.05, 3.63) is 41.1 Å². The van der Waals surface area contributed by atoms with Crippen molar-refractivity contribution in [1.82, 2.24) is 10.1 Å². The van der Waals surface area contributed by atoms with Gasteiger partial charge in [0.25, 0.3) is 0 Å². The number of anilines is 2. The molecule has 1 N–H and O–H groups in total. The Morgan fingerprint density at radius 2 is 2.00 bits per heavy atom. The molecule has 1 unspecified atom stereocenters. The van der Waals surface area contributed by atoms with Crippen LogP contribution in [0, 0.1) is 6.92 Å². The van der Waals surface area contributed by atoms with Crippen LogP contribution in [0.25, 0.3) is 0 Å². The zero-order valence-corrected chi connectivity index (χ0v) is 17.4. The molecule has 1 saturated heterocycles. The van der Waals surface area contributed by atoms with Crippen molar-refractivity contribution >= 4 is 46.7 Å². The van der Waals surface area contributed by atoms with E-state index in [1.54, 1.807) is 19.9 Å². The number of halogens is 1. The van der Waals surface area contributed by atoms with Gasteiger partial charge < -0.3 is 19.6 Å². The van der Waals surface area contributed by atoms with E-state index in [4.69, 9.17) is 16.1 Å². The monoisotopic (exact) mass is 422 g/mol. The summed E-state index contributed by atoms with van der Waals surface area (Å²) in [7, 11) is 0. The SMILES string of the molecule is Cc1cc(NC(=O)C(C)SCC(=O)N2CCN(c3ccccc3Cl)CC2)no1. The summed E-state index contributed by atoms with van der Waals surface area (Å²) >= 11 is 7.57. The standard InChI is InChI=1S/C19H23ClN4O3S/c1-13-11-17(22-27-13)21-19(26)14(2)28-12-18(25)24-9-7-23(8-10-24)16-6-4-3-5-15(16)20/h3-6,11,14H,7-10,12H2,1-2H3,(H,21,22,26). The van der Waals surface area contributed by atoms with Crippen molar-refractivity contribution in [3.8, 4) is 0 Å². The number of carbonyl (C=O) groups is 2. The molecule has 0 spiro atoms. The molecule has 1 aromatic carbocycles. The first-order valence-electron chi connectivity index (χ1n) is 9.07. The van der Waals surface area contributed by atoms with Crippen LogP contribution in [0.15, 0.2) is 34.9 Å². The molecule has 2 heterocycles. The number of amides is 2. The van der Waals surface area contributed by atoms with Crippen molar-refractivity contribution < 1.29 is 14.1 Å². The molecule has 9 heteroatoms. The van der Waals surface area contributed by atoms with E-state index in [-0.39, 0.29) is 22.8 Å². The van der Waals surface area contributed by atoms with Gasteiger partial charge in [-0.3, -0.25) is 9.59 Å². The van der Waals surface area contributed by atoms with E-state index in [2.05, 4.69) is 15.4 Å². The average molecular weight is 423 g/mol. The second-order valence-electron chi connectivity index (χ2n) is 6.58. The predicted octanol–water partition coefficient (Wildman–Crippen LogP) is 3.05. The number of aromatic nitrogens is 1. The van der Waals surface area contributed by atoms with E-state index >= 15 is 0 Å². The summed E-state index contributed by atoms with van der Waals surface area (Å²) in [6.45, 7) is 6.29. The van der Waals surface area contributed by atoms with Gasteiger partial charge in [0, 0.05) is 32.2 Å². The quantitative estimate of drug-likeness (QED) is 0.770. The maximum absolute atomic E-state index is 12.5. The normalized spacial score (nSPS) is 15.4. The summed E-state index contributed by atoms with van der Waals surface area (Å²) in [5.41, 5.74) is 0.999. The van der Waals surface area contributed by atoms with Crippen LogP contribution in [-0.4, -0.2) is 59.1 Å². The maximum Gasteiger partial charge on any atom is 0.238 e. The number of benzene rings is 1. The third kappa shape index (κ3) is 5.20. The van der Waals surface area contributed by atoms with Crippen molar-refractivity contribution in [2.75, 3.05) is 42.1 Å². The van der Waals surface area contributed by atoms with Crippen LogP contribution < -0.4 is 10.2 Å². The van der Waals surface area contributed by atoms with Gasteiger partial charge >= 0.3 is 0 Å². The highest BCUT2D eigenvalue weighted by Crippen LogP contribution is 2.26. The molecular formula is C19H23ClN4O3S. The van der Waals surface area contributed by atoms with Crippen LogP contribution in [0.2, 0.25) is 5.02 Å². The average Bonchev–Trinajstić information content (AvgIpc) is 3.11. The third-order valence-corrected chi connectivity index (χ3v) is 5.98. The third-order valence-electron chi connectivity index (χ3n) is 4.53. The van der Waals surface area contributed by atoms with Gasteiger partial charge in [-0.2, -0.15) is 0 Å². The minimum Gasteiger partial charge on any atom is -0.367 e. The summed E-state index contributed by atoms with van der Waals surface area (Å²) in [5, 5.41) is 6.78. The zero-order valence-electron chi connectivity index (χ0n) is 15.9. The smallest absolute Gasteiger partial charge is 0.238 e. The van der Waals surface area contributed by atoms with Crippen LogP contribution in [-0.2, 0) is 9.59 Å². The predicted molar refractivity (Wildman–Crippen MR) is 112 cm³/mol. The fourth-order valence-corrected chi connectivity index (χ4v) is 3.96. The largest absolute Gasteiger partial charge is 0.367 e. The Balaban J connectivity index is 1.43. The Kier molecular flexibility index (Phi) is 6.85. The van der Waals surface area contributed by atoms with Crippen LogP contribution >= 0.6 is 23.4 Å². The molecule has 0 radical (unpaired) electrons. The lowest BCUT2D eigenvalue weighted by molar-refractivity contribution is -0.128. The molecule has 28 heavy (non-hydrogen) atoms. The number of thioether (sulfide) groups is 1. The summed E-state index contributed by atoms with van der Waals surface area (Å²) in [5.74, 6) is 1.12. The molecule has 1 aromatic heterocycles. The highest BCUT2D eigenvalue weighted by Gasteiger charge is 2.24. The molecule has 0 bridgehead atoms. The highest BCUT2D eigenvalue weighted by atomic mass is 35.5. The molecule has 1 aliphatic heterocycles. The fraction of sp³-hybridized carbons (Fsp3) is 0.421. The first kappa shape index (κ1) is 20.5. The minimum atomic E-state index is -0.370. The van der Waals surface area contributed by atoms with Crippen LogP contribution in [0.3, 0.4) is 0 Å². The van der Waals surface area contributed by atoms with E-state index < -0.39 is 0 Å². The van der Waals surface area contributed by atoms with Gasteiger partial charge in [-0.15, -0.1) is 11.8 Å². The molecule has 2 amide bonds.